The summed E-state index contributed by atoms with van der Waals surface area (Å²) in [6.07, 6.45) is 1.96. The molecular formula is C26H34N4O3. The summed E-state index contributed by atoms with van der Waals surface area (Å²) in [4.78, 5) is 21.0. The molecule has 2 amide bonds. The van der Waals surface area contributed by atoms with Crippen LogP contribution in [0, 0.1) is 0 Å². The lowest BCUT2D eigenvalue weighted by Crippen LogP contribution is -2.48. The van der Waals surface area contributed by atoms with E-state index in [0.717, 1.165) is 82.4 Å². The van der Waals surface area contributed by atoms with Gasteiger partial charge in [0.05, 0.1) is 7.11 Å². The first-order valence-corrected chi connectivity index (χ1v) is 12.0. The summed E-state index contributed by atoms with van der Waals surface area (Å²) >= 11 is 0. The molecule has 0 saturated carbocycles. The molecular weight excluding hydrogens is 416 g/mol. The summed E-state index contributed by atoms with van der Waals surface area (Å²) in [6.45, 7) is 7.74. The molecule has 3 aliphatic rings. The molecule has 2 aromatic rings. The lowest BCUT2D eigenvalue weighted by Gasteiger charge is -2.39. The van der Waals surface area contributed by atoms with E-state index in [1.807, 2.05) is 30.1 Å². The third-order valence-corrected chi connectivity index (χ3v) is 7.23. The maximum Gasteiger partial charge on any atom is 0.319 e. The van der Waals surface area contributed by atoms with Gasteiger partial charge in [0.15, 0.2) is 0 Å². The van der Waals surface area contributed by atoms with Crippen LogP contribution in [0.5, 0.6) is 17.2 Å². The average molecular weight is 451 g/mol. The van der Waals surface area contributed by atoms with Gasteiger partial charge in [-0.15, -0.1) is 0 Å². The number of para-hydroxylation sites is 1. The van der Waals surface area contributed by atoms with Crippen LogP contribution in [0.3, 0.4) is 0 Å². The summed E-state index contributed by atoms with van der Waals surface area (Å²) in [6, 6.07) is 15.0. The fourth-order valence-electron chi connectivity index (χ4n) is 5.24. The van der Waals surface area contributed by atoms with E-state index in [-0.39, 0.29) is 12.1 Å². The van der Waals surface area contributed by atoms with Gasteiger partial charge in [-0.25, -0.2) is 4.79 Å². The molecule has 1 unspecified atom stereocenters. The minimum absolute atomic E-state index is 0.171. The summed E-state index contributed by atoms with van der Waals surface area (Å²) in [7, 11) is 3.60. The molecule has 176 valence electrons. The van der Waals surface area contributed by atoms with Crippen molar-refractivity contribution in [2.75, 3.05) is 66.5 Å². The number of fused-ring (bicyclic) bond motifs is 2. The molecule has 2 fully saturated rings. The van der Waals surface area contributed by atoms with Crippen molar-refractivity contribution in [3.05, 3.63) is 53.6 Å². The van der Waals surface area contributed by atoms with Crippen LogP contribution in [0.15, 0.2) is 42.5 Å². The van der Waals surface area contributed by atoms with Crippen molar-refractivity contribution in [1.29, 1.82) is 0 Å². The van der Waals surface area contributed by atoms with Gasteiger partial charge < -0.3 is 24.2 Å². The van der Waals surface area contributed by atoms with Crippen molar-refractivity contribution in [3.8, 4) is 17.2 Å². The van der Waals surface area contributed by atoms with Gasteiger partial charge in [-0.1, -0.05) is 18.2 Å². The second-order valence-electron chi connectivity index (χ2n) is 9.26. The molecule has 0 spiro atoms. The number of methoxy groups -OCH3 is 1. The monoisotopic (exact) mass is 450 g/mol. The maximum atomic E-state index is 12.1. The molecule has 0 N–H and O–H groups in total. The predicted molar refractivity (Wildman–Crippen MR) is 128 cm³/mol. The fourth-order valence-corrected chi connectivity index (χ4v) is 5.24. The van der Waals surface area contributed by atoms with Crippen molar-refractivity contribution in [2.24, 2.45) is 0 Å². The highest BCUT2D eigenvalue weighted by atomic mass is 16.5. The number of piperazine rings is 1. The standard InChI is InChI=1S/C26H34N4O3/c1-27-12-15-30(26(27)31)11-5-10-28-13-16-29(17-14-28)23-18-20-6-3-4-7-24(20)33-25-9-8-21(32-2)19-22(23)25/h3-4,6-9,19,23H,5,10-18H2,1-2H3. The van der Waals surface area contributed by atoms with Gasteiger partial charge in [0, 0.05) is 64.5 Å². The van der Waals surface area contributed by atoms with Crippen LogP contribution in [-0.4, -0.2) is 92.1 Å². The number of amides is 2. The number of hydrogen-bond acceptors (Lipinski definition) is 5. The fraction of sp³-hybridized carbons (Fsp3) is 0.500. The van der Waals surface area contributed by atoms with E-state index >= 15 is 0 Å². The van der Waals surface area contributed by atoms with E-state index in [0.29, 0.717) is 0 Å². The number of likely N-dealkylation sites (N-methyl/N-ethyl adjacent to an activating group) is 1. The molecule has 0 aromatic heterocycles. The van der Waals surface area contributed by atoms with E-state index in [1.165, 1.54) is 11.1 Å². The van der Waals surface area contributed by atoms with Crippen LogP contribution in [0.25, 0.3) is 0 Å². The molecule has 5 rings (SSSR count). The molecule has 3 heterocycles. The zero-order valence-electron chi connectivity index (χ0n) is 19.7. The number of urea groups is 1. The zero-order valence-corrected chi connectivity index (χ0v) is 19.7. The summed E-state index contributed by atoms with van der Waals surface area (Å²) < 4.78 is 11.9. The normalized spacial score (nSPS) is 21.4. The number of ether oxygens (including phenoxy) is 2. The van der Waals surface area contributed by atoms with Crippen molar-refractivity contribution in [1.82, 2.24) is 19.6 Å². The van der Waals surface area contributed by atoms with Crippen molar-refractivity contribution < 1.29 is 14.3 Å². The lowest BCUT2D eigenvalue weighted by atomic mass is 9.96. The molecule has 3 aliphatic heterocycles. The van der Waals surface area contributed by atoms with Crippen molar-refractivity contribution in [3.63, 3.8) is 0 Å². The third kappa shape index (κ3) is 4.66. The number of hydrogen-bond donors (Lipinski definition) is 0. The second-order valence-corrected chi connectivity index (χ2v) is 9.26. The Bertz CT molecular complexity index is 989. The molecule has 7 nitrogen and oxygen atoms in total. The number of nitrogens with zero attached hydrogens (tertiary/aromatic N) is 4. The van der Waals surface area contributed by atoms with Crippen molar-refractivity contribution in [2.45, 2.75) is 18.9 Å². The van der Waals surface area contributed by atoms with Gasteiger partial charge in [-0.2, -0.15) is 0 Å². The minimum Gasteiger partial charge on any atom is -0.497 e. The molecule has 1 atom stereocenters. The Morgan fingerprint density at radius 3 is 2.55 bits per heavy atom. The van der Waals surface area contributed by atoms with Gasteiger partial charge in [-0.3, -0.25) is 4.90 Å². The number of carbonyl (C=O) groups excluding carboxylic acids is 1. The Morgan fingerprint density at radius 2 is 1.79 bits per heavy atom. The van der Waals surface area contributed by atoms with Gasteiger partial charge in [0.25, 0.3) is 0 Å². The largest absolute Gasteiger partial charge is 0.497 e. The highest BCUT2D eigenvalue weighted by Gasteiger charge is 2.31. The Hall–Kier alpha value is -2.77. The van der Waals surface area contributed by atoms with Crippen LogP contribution >= 0.6 is 0 Å². The smallest absolute Gasteiger partial charge is 0.319 e. The predicted octanol–water partition coefficient (Wildman–Crippen LogP) is 3.46. The van der Waals surface area contributed by atoms with Gasteiger partial charge >= 0.3 is 6.03 Å². The topological polar surface area (TPSA) is 48.5 Å². The average Bonchev–Trinajstić information content (AvgIpc) is 3.07. The van der Waals surface area contributed by atoms with E-state index in [4.69, 9.17) is 9.47 Å². The number of carbonyl (C=O) groups is 1. The highest BCUT2D eigenvalue weighted by Crippen LogP contribution is 2.42. The third-order valence-electron chi connectivity index (χ3n) is 7.23. The van der Waals surface area contributed by atoms with E-state index in [9.17, 15) is 4.79 Å². The van der Waals surface area contributed by atoms with Gasteiger partial charge in [0.1, 0.15) is 17.2 Å². The number of benzene rings is 2. The van der Waals surface area contributed by atoms with Crippen molar-refractivity contribution >= 4 is 6.03 Å². The lowest BCUT2D eigenvalue weighted by molar-refractivity contribution is 0.0932. The van der Waals surface area contributed by atoms with Crippen LogP contribution in [-0.2, 0) is 6.42 Å². The first-order chi connectivity index (χ1) is 16.1. The summed E-state index contributed by atoms with van der Waals surface area (Å²) in [5.74, 6) is 2.75. The Morgan fingerprint density at radius 1 is 0.970 bits per heavy atom. The van der Waals surface area contributed by atoms with Crippen LogP contribution < -0.4 is 9.47 Å². The summed E-state index contributed by atoms with van der Waals surface area (Å²) in [5, 5.41) is 0. The SMILES string of the molecule is COc1ccc2c(c1)C(N1CCN(CCCN3CCN(C)C3=O)CC1)Cc1ccccc1O2. The summed E-state index contributed by atoms with van der Waals surface area (Å²) in [5.41, 5.74) is 2.45. The minimum atomic E-state index is 0.171. The molecule has 33 heavy (non-hydrogen) atoms. The second kappa shape index (κ2) is 9.61. The Labute approximate surface area is 196 Å². The zero-order chi connectivity index (χ0) is 22.8. The molecule has 0 bridgehead atoms. The highest BCUT2D eigenvalue weighted by molar-refractivity contribution is 5.76. The maximum absolute atomic E-state index is 12.1. The molecule has 7 heteroatoms. The van der Waals surface area contributed by atoms with Crippen LogP contribution in [0.1, 0.15) is 23.6 Å². The van der Waals surface area contributed by atoms with Crippen LogP contribution in [0.4, 0.5) is 4.79 Å². The quantitative estimate of drug-likeness (QED) is 0.675. The molecule has 0 aliphatic carbocycles. The molecule has 2 aromatic carbocycles. The Kier molecular flexibility index (Phi) is 6.42. The van der Waals surface area contributed by atoms with E-state index < -0.39 is 0 Å². The first kappa shape index (κ1) is 22.0. The van der Waals surface area contributed by atoms with Gasteiger partial charge in [0.2, 0.25) is 0 Å². The number of rotatable bonds is 6. The molecule has 0 radical (unpaired) electrons. The van der Waals surface area contributed by atoms with Gasteiger partial charge in [-0.05, 0) is 49.2 Å². The Balaban J connectivity index is 1.23. The van der Waals surface area contributed by atoms with E-state index in [2.05, 4.69) is 34.1 Å². The molecule has 2 saturated heterocycles. The van der Waals surface area contributed by atoms with E-state index in [1.54, 1.807) is 12.0 Å². The first-order valence-electron chi connectivity index (χ1n) is 12.0. The van der Waals surface area contributed by atoms with Crippen LogP contribution in [0.2, 0.25) is 0 Å².